The molecule has 1 saturated carbocycles. The van der Waals surface area contributed by atoms with E-state index in [9.17, 15) is 18.3 Å². The molecular formula is C29H41N3O5SSi. The fourth-order valence-electron chi connectivity index (χ4n) is 5.25. The van der Waals surface area contributed by atoms with Crippen molar-refractivity contribution >= 4 is 29.9 Å². The van der Waals surface area contributed by atoms with Crippen molar-refractivity contribution in [3.63, 3.8) is 0 Å². The van der Waals surface area contributed by atoms with Crippen LogP contribution in [0, 0.1) is 5.92 Å². The number of nitrogens with zero attached hydrogens (tertiary/aromatic N) is 2. The number of carbonyl (C=O) groups excluding carboxylic acids is 1. The van der Waals surface area contributed by atoms with E-state index in [2.05, 4.69) is 25.0 Å². The Balaban J connectivity index is 1.63. The van der Waals surface area contributed by atoms with E-state index in [-0.39, 0.29) is 31.0 Å². The molecular weight excluding hydrogens is 530 g/mol. The van der Waals surface area contributed by atoms with Crippen LogP contribution >= 0.6 is 0 Å². The first kappa shape index (κ1) is 29.0. The van der Waals surface area contributed by atoms with Gasteiger partial charge in [-0.15, -0.1) is 0 Å². The van der Waals surface area contributed by atoms with E-state index in [0.717, 1.165) is 57.9 Å². The van der Waals surface area contributed by atoms with E-state index in [1.165, 1.54) is 6.20 Å². The van der Waals surface area contributed by atoms with Crippen molar-refractivity contribution in [3.05, 3.63) is 71.7 Å². The molecule has 2 N–H and O–H groups in total. The molecule has 0 unspecified atom stereocenters. The summed E-state index contributed by atoms with van der Waals surface area (Å²) in [7, 11) is -5.54. The molecule has 0 spiro atoms. The molecule has 1 aliphatic heterocycles. The molecule has 2 aliphatic rings. The summed E-state index contributed by atoms with van der Waals surface area (Å²) in [4.78, 5) is 11.8. The molecule has 1 aliphatic carbocycles. The number of nitrogens with one attached hydrogen (secondary N) is 1. The highest BCUT2D eigenvalue weighted by Crippen LogP contribution is 2.38. The molecule has 2 atom stereocenters. The molecule has 0 radical (unpaired) electrons. The van der Waals surface area contributed by atoms with Gasteiger partial charge in [-0.2, -0.15) is 8.42 Å². The second-order valence-electron chi connectivity index (χ2n) is 11.8. The molecule has 1 heterocycles. The molecule has 1 amide bonds. The minimum Gasteiger partial charge on any atom is -0.493 e. The summed E-state index contributed by atoms with van der Waals surface area (Å²) in [6.07, 6.45) is 6.22. The fourth-order valence-corrected chi connectivity index (χ4v) is 7.75. The standard InChI is InChI=1S/C29H41N3O5SSi/c1-22(33)30-26-13-9-8-12-25(26)18-24-14-15-27(28(19-24)37-21-23-10-6-5-7-11-23)32-20-29(34)31(38(32,35)36)16-17-39(2,3)4/h5-7,10-11,14-15,19-20,25-26,34H,8-9,12-13,16-18,21H2,1-4H3,(H,30,33)/t25-,26+/m0/s1. The van der Waals surface area contributed by atoms with Crippen molar-refractivity contribution in [1.82, 2.24) is 9.62 Å². The van der Waals surface area contributed by atoms with Gasteiger partial charge in [0.15, 0.2) is 0 Å². The van der Waals surface area contributed by atoms with Crippen molar-refractivity contribution in [2.45, 2.75) is 77.4 Å². The Kier molecular flexibility index (Phi) is 8.95. The van der Waals surface area contributed by atoms with Gasteiger partial charge in [0.2, 0.25) is 11.8 Å². The number of rotatable bonds is 10. The van der Waals surface area contributed by atoms with Crippen LogP contribution in [-0.2, 0) is 28.0 Å². The average Bonchev–Trinajstić information content (AvgIpc) is 3.10. The lowest BCUT2D eigenvalue weighted by molar-refractivity contribution is -0.120. The summed E-state index contributed by atoms with van der Waals surface area (Å²) in [6, 6.07) is 16.2. The quantitative estimate of drug-likeness (QED) is 0.364. The molecule has 10 heteroatoms. The van der Waals surface area contributed by atoms with E-state index in [1.807, 2.05) is 42.5 Å². The van der Waals surface area contributed by atoms with Gasteiger partial charge in [0.05, 0.1) is 6.20 Å². The first-order valence-corrected chi connectivity index (χ1v) is 18.8. The Bertz CT molecular complexity index is 1290. The molecule has 2 aromatic rings. The van der Waals surface area contributed by atoms with Crippen molar-refractivity contribution in [1.29, 1.82) is 0 Å². The zero-order valence-electron chi connectivity index (χ0n) is 23.4. The minimum absolute atomic E-state index is 0.0151. The molecule has 0 saturated heterocycles. The maximum absolute atomic E-state index is 13.6. The average molecular weight is 572 g/mol. The number of aliphatic hydroxyl groups excluding tert-OH is 1. The first-order chi connectivity index (χ1) is 18.4. The molecule has 4 rings (SSSR count). The number of anilines is 1. The van der Waals surface area contributed by atoms with E-state index in [1.54, 1.807) is 13.0 Å². The third kappa shape index (κ3) is 7.36. The van der Waals surface area contributed by atoms with Gasteiger partial charge in [0.1, 0.15) is 18.0 Å². The van der Waals surface area contributed by atoms with Gasteiger partial charge in [-0.1, -0.05) is 68.9 Å². The Morgan fingerprint density at radius 3 is 2.49 bits per heavy atom. The van der Waals surface area contributed by atoms with Crippen LogP contribution in [0.25, 0.3) is 0 Å². The Morgan fingerprint density at radius 2 is 1.79 bits per heavy atom. The molecule has 8 nitrogen and oxygen atoms in total. The maximum atomic E-state index is 13.6. The van der Waals surface area contributed by atoms with E-state index < -0.39 is 18.3 Å². The predicted molar refractivity (Wildman–Crippen MR) is 157 cm³/mol. The molecule has 1 fully saturated rings. The highest BCUT2D eigenvalue weighted by molar-refractivity contribution is 7.91. The number of aliphatic hydroxyl groups is 1. The largest absolute Gasteiger partial charge is 0.493 e. The molecule has 0 aromatic heterocycles. The van der Waals surface area contributed by atoms with Gasteiger partial charge < -0.3 is 15.2 Å². The van der Waals surface area contributed by atoms with Crippen LogP contribution in [0.5, 0.6) is 5.75 Å². The van der Waals surface area contributed by atoms with Gasteiger partial charge in [-0.3, -0.25) is 4.79 Å². The van der Waals surface area contributed by atoms with Crippen LogP contribution in [0.1, 0.15) is 43.7 Å². The summed E-state index contributed by atoms with van der Waals surface area (Å²) in [5, 5.41) is 13.7. The van der Waals surface area contributed by atoms with Crippen LogP contribution in [0.3, 0.4) is 0 Å². The highest BCUT2D eigenvalue weighted by Gasteiger charge is 2.39. The highest BCUT2D eigenvalue weighted by atomic mass is 32.2. The first-order valence-electron chi connectivity index (χ1n) is 13.7. The Morgan fingerprint density at radius 1 is 1.08 bits per heavy atom. The van der Waals surface area contributed by atoms with Crippen LogP contribution in [0.15, 0.2) is 60.6 Å². The monoisotopic (exact) mass is 571 g/mol. The van der Waals surface area contributed by atoms with E-state index in [0.29, 0.717) is 17.4 Å². The zero-order valence-corrected chi connectivity index (χ0v) is 25.2. The summed E-state index contributed by atoms with van der Waals surface area (Å²) in [5.74, 6) is 0.431. The zero-order chi connectivity index (χ0) is 28.2. The lowest BCUT2D eigenvalue weighted by atomic mass is 9.80. The van der Waals surface area contributed by atoms with Crippen molar-refractivity contribution < 1.29 is 23.1 Å². The van der Waals surface area contributed by atoms with Crippen molar-refractivity contribution in [2.75, 3.05) is 10.8 Å². The number of hydrogen-bond donors (Lipinski definition) is 2. The Labute approximate surface area is 233 Å². The summed E-state index contributed by atoms with van der Waals surface area (Å²) in [6.45, 7) is 8.59. The Hall–Kier alpha value is -2.98. The molecule has 39 heavy (non-hydrogen) atoms. The molecule has 212 valence electrons. The minimum atomic E-state index is -4.00. The molecule has 2 aromatic carbocycles. The number of ether oxygens (including phenoxy) is 1. The maximum Gasteiger partial charge on any atom is 0.332 e. The summed E-state index contributed by atoms with van der Waals surface area (Å²) >= 11 is 0. The molecule has 0 bridgehead atoms. The third-order valence-electron chi connectivity index (χ3n) is 7.37. The summed E-state index contributed by atoms with van der Waals surface area (Å²) in [5.41, 5.74) is 2.34. The van der Waals surface area contributed by atoms with Crippen LogP contribution in [0.4, 0.5) is 5.69 Å². The van der Waals surface area contributed by atoms with Crippen molar-refractivity contribution in [2.24, 2.45) is 5.92 Å². The van der Waals surface area contributed by atoms with Gasteiger partial charge in [0.25, 0.3) is 0 Å². The van der Waals surface area contributed by atoms with Gasteiger partial charge >= 0.3 is 10.2 Å². The van der Waals surface area contributed by atoms with Gasteiger partial charge in [0, 0.05) is 27.6 Å². The number of carbonyl (C=O) groups is 1. The topological polar surface area (TPSA) is 99.2 Å². The SMILES string of the molecule is CC(=O)N[C@@H]1CCCC[C@H]1Cc1ccc(N2C=C(O)N(CC[Si](C)(C)C)S2(=O)=O)c(OCc2ccccc2)c1. The smallest absolute Gasteiger partial charge is 0.332 e. The van der Waals surface area contributed by atoms with Crippen LogP contribution in [0.2, 0.25) is 25.7 Å². The normalized spacial score (nSPS) is 21.0. The third-order valence-corrected chi connectivity index (χ3v) is 10.8. The predicted octanol–water partition coefficient (Wildman–Crippen LogP) is 5.56. The van der Waals surface area contributed by atoms with Crippen LogP contribution < -0.4 is 14.4 Å². The van der Waals surface area contributed by atoms with E-state index in [4.69, 9.17) is 4.74 Å². The second kappa shape index (κ2) is 12.0. The van der Waals surface area contributed by atoms with E-state index >= 15 is 0 Å². The summed E-state index contributed by atoms with van der Waals surface area (Å²) < 4.78 is 35.6. The fraction of sp³-hybridized carbons (Fsp3) is 0.483. The van der Waals surface area contributed by atoms with Crippen molar-refractivity contribution in [3.8, 4) is 5.75 Å². The lowest BCUT2D eigenvalue weighted by Gasteiger charge is -2.32. The second-order valence-corrected chi connectivity index (χ2v) is 19.2. The van der Waals surface area contributed by atoms with Gasteiger partial charge in [-0.05, 0) is 54.5 Å². The lowest BCUT2D eigenvalue weighted by Crippen LogP contribution is -2.41. The number of hydrogen-bond acceptors (Lipinski definition) is 5. The van der Waals surface area contributed by atoms with Crippen LogP contribution in [-0.4, -0.2) is 44.4 Å². The van der Waals surface area contributed by atoms with Gasteiger partial charge in [-0.25, -0.2) is 8.61 Å². The number of amides is 1. The number of benzene rings is 2.